The van der Waals surface area contributed by atoms with Gasteiger partial charge in [-0.3, -0.25) is 4.90 Å². The zero-order valence-electron chi connectivity index (χ0n) is 18.6. The first-order chi connectivity index (χ1) is 15.7. The summed E-state index contributed by atoms with van der Waals surface area (Å²) in [5.41, 5.74) is 2.37. The molecule has 0 aliphatic carbocycles. The van der Waals surface area contributed by atoms with Crippen LogP contribution < -0.4 is 9.64 Å². The molecule has 1 atom stereocenters. The van der Waals surface area contributed by atoms with Crippen molar-refractivity contribution in [2.75, 3.05) is 51.3 Å². The fraction of sp³-hybridized carbons (Fsp3) is 0.346. The molecule has 2 heterocycles. The van der Waals surface area contributed by atoms with E-state index in [2.05, 4.69) is 40.1 Å². The van der Waals surface area contributed by atoms with Gasteiger partial charge in [0, 0.05) is 57.2 Å². The van der Waals surface area contributed by atoms with Crippen LogP contribution in [0.1, 0.15) is 11.6 Å². The summed E-state index contributed by atoms with van der Waals surface area (Å²) in [5.74, 6) is 0.612. The van der Waals surface area contributed by atoms with Gasteiger partial charge in [-0.15, -0.1) is 0 Å². The lowest BCUT2D eigenvalue weighted by atomic mass is 10.1. The van der Waals surface area contributed by atoms with E-state index in [9.17, 15) is 4.79 Å². The molecule has 168 valence electrons. The summed E-state index contributed by atoms with van der Waals surface area (Å²) in [4.78, 5) is 17.1. The topological polar surface area (TPSA) is 46.9 Å². The molecule has 0 amide bonds. The van der Waals surface area contributed by atoms with Gasteiger partial charge in [-0.1, -0.05) is 30.3 Å². The SMILES string of the molecule is COC(=O)C(Cc1ccc(OCCN2CCN(c3ccccc3)CC2)cc1)n1cccc1. The average molecular weight is 434 g/mol. The van der Waals surface area contributed by atoms with Crippen molar-refractivity contribution in [3.63, 3.8) is 0 Å². The highest BCUT2D eigenvalue weighted by atomic mass is 16.5. The van der Waals surface area contributed by atoms with Crippen LogP contribution in [0.5, 0.6) is 5.75 Å². The summed E-state index contributed by atoms with van der Waals surface area (Å²) in [6, 6.07) is 22.1. The monoisotopic (exact) mass is 433 g/mol. The number of anilines is 1. The van der Waals surface area contributed by atoms with Crippen molar-refractivity contribution in [2.24, 2.45) is 0 Å². The second-order valence-electron chi connectivity index (χ2n) is 8.03. The van der Waals surface area contributed by atoms with Crippen molar-refractivity contribution >= 4 is 11.7 Å². The number of carbonyl (C=O) groups is 1. The summed E-state index contributed by atoms with van der Waals surface area (Å²) in [6.45, 7) is 5.77. The van der Waals surface area contributed by atoms with Crippen LogP contribution in [0.25, 0.3) is 0 Å². The summed E-state index contributed by atoms with van der Waals surface area (Å²) < 4.78 is 12.8. The first-order valence-corrected chi connectivity index (χ1v) is 11.2. The molecule has 1 fully saturated rings. The number of esters is 1. The van der Waals surface area contributed by atoms with Crippen molar-refractivity contribution < 1.29 is 14.3 Å². The summed E-state index contributed by atoms with van der Waals surface area (Å²) >= 11 is 0. The van der Waals surface area contributed by atoms with Crippen LogP contribution in [0.4, 0.5) is 5.69 Å². The van der Waals surface area contributed by atoms with Gasteiger partial charge in [0.1, 0.15) is 18.4 Å². The van der Waals surface area contributed by atoms with Gasteiger partial charge in [-0.05, 0) is 42.0 Å². The maximum absolute atomic E-state index is 12.2. The van der Waals surface area contributed by atoms with E-state index in [-0.39, 0.29) is 12.0 Å². The molecule has 6 nitrogen and oxygen atoms in total. The van der Waals surface area contributed by atoms with Crippen LogP contribution in [0.15, 0.2) is 79.1 Å². The third-order valence-corrected chi connectivity index (χ3v) is 5.98. The molecule has 1 aromatic heterocycles. The van der Waals surface area contributed by atoms with E-state index in [0.717, 1.165) is 44.0 Å². The predicted molar refractivity (Wildman–Crippen MR) is 126 cm³/mol. The highest BCUT2D eigenvalue weighted by molar-refractivity contribution is 5.74. The second kappa shape index (κ2) is 10.9. The maximum atomic E-state index is 12.2. The maximum Gasteiger partial charge on any atom is 0.329 e. The van der Waals surface area contributed by atoms with E-state index >= 15 is 0 Å². The van der Waals surface area contributed by atoms with Crippen molar-refractivity contribution in [3.05, 3.63) is 84.7 Å². The number of piperazine rings is 1. The lowest BCUT2D eigenvalue weighted by Gasteiger charge is -2.36. The van der Waals surface area contributed by atoms with Crippen LogP contribution in [-0.2, 0) is 16.0 Å². The number of methoxy groups -OCH3 is 1. The second-order valence-corrected chi connectivity index (χ2v) is 8.03. The molecular formula is C26H31N3O3. The minimum absolute atomic E-state index is 0.242. The Morgan fingerprint density at radius 3 is 2.25 bits per heavy atom. The van der Waals surface area contributed by atoms with Crippen molar-refractivity contribution in [3.8, 4) is 5.75 Å². The molecule has 2 aromatic carbocycles. The fourth-order valence-electron chi connectivity index (χ4n) is 4.11. The fourth-order valence-corrected chi connectivity index (χ4v) is 4.11. The third kappa shape index (κ3) is 5.71. The molecular weight excluding hydrogens is 402 g/mol. The van der Waals surface area contributed by atoms with Crippen molar-refractivity contribution in [1.82, 2.24) is 9.47 Å². The van der Waals surface area contributed by atoms with E-state index in [1.165, 1.54) is 12.8 Å². The number of para-hydroxylation sites is 1. The molecule has 1 saturated heterocycles. The molecule has 6 heteroatoms. The van der Waals surface area contributed by atoms with Crippen LogP contribution >= 0.6 is 0 Å². The Morgan fingerprint density at radius 1 is 0.906 bits per heavy atom. The predicted octanol–water partition coefficient (Wildman–Crippen LogP) is 3.65. The van der Waals surface area contributed by atoms with Crippen LogP contribution in [0.2, 0.25) is 0 Å². The zero-order chi connectivity index (χ0) is 22.2. The van der Waals surface area contributed by atoms with Crippen molar-refractivity contribution in [1.29, 1.82) is 0 Å². The molecule has 1 unspecified atom stereocenters. The Morgan fingerprint density at radius 2 is 1.59 bits per heavy atom. The minimum Gasteiger partial charge on any atom is -0.492 e. The average Bonchev–Trinajstić information content (AvgIpc) is 3.39. The van der Waals surface area contributed by atoms with Gasteiger partial charge in [0.05, 0.1) is 7.11 Å². The number of hydrogen-bond acceptors (Lipinski definition) is 5. The number of ether oxygens (including phenoxy) is 2. The smallest absolute Gasteiger partial charge is 0.329 e. The van der Waals surface area contributed by atoms with Gasteiger partial charge >= 0.3 is 5.97 Å². The van der Waals surface area contributed by atoms with Gasteiger partial charge in [-0.25, -0.2) is 4.79 Å². The largest absolute Gasteiger partial charge is 0.492 e. The van der Waals surface area contributed by atoms with Gasteiger partial charge in [-0.2, -0.15) is 0 Å². The summed E-state index contributed by atoms with van der Waals surface area (Å²) in [6.07, 6.45) is 4.35. The number of nitrogens with zero attached hydrogens (tertiary/aromatic N) is 3. The number of hydrogen-bond donors (Lipinski definition) is 0. The Bertz CT molecular complexity index is 950. The van der Waals surface area contributed by atoms with E-state index in [4.69, 9.17) is 9.47 Å². The molecule has 1 aliphatic heterocycles. The van der Waals surface area contributed by atoms with E-state index in [1.807, 2.05) is 53.4 Å². The molecule has 0 N–H and O–H groups in total. The Balaban J connectivity index is 1.22. The van der Waals surface area contributed by atoms with E-state index < -0.39 is 0 Å². The van der Waals surface area contributed by atoms with Gasteiger partial charge < -0.3 is 18.9 Å². The summed E-state index contributed by atoms with van der Waals surface area (Å²) in [7, 11) is 1.43. The molecule has 32 heavy (non-hydrogen) atoms. The minimum atomic E-state index is -0.365. The Kier molecular flexibility index (Phi) is 7.46. The molecule has 3 aromatic rings. The quantitative estimate of drug-likeness (QED) is 0.482. The number of aromatic nitrogens is 1. The Labute approximate surface area is 190 Å². The van der Waals surface area contributed by atoms with Crippen molar-refractivity contribution in [2.45, 2.75) is 12.5 Å². The lowest BCUT2D eigenvalue weighted by molar-refractivity contribution is -0.144. The van der Waals surface area contributed by atoms with Gasteiger partial charge in [0.25, 0.3) is 0 Å². The molecule has 0 bridgehead atoms. The van der Waals surface area contributed by atoms with Crippen LogP contribution in [0, 0.1) is 0 Å². The zero-order valence-corrected chi connectivity index (χ0v) is 18.6. The van der Waals surface area contributed by atoms with E-state index in [1.54, 1.807) is 0 Å². The van der Waals surface area contributed by atoms with Gasteiger partial charge in [0.2, 0.25) is 0 Å². The molecule has 0 saturated carbocycles. The lowest BCUT2D eigenvalue weighted by Crippen LogP contribution is -2.47. The van der Waals surface area contributed by atoms with Crippen LogP contribution in [0.3, 0.4) is 0 Å². The van der Waals surface area contributed by atoms with Crippen LogP contribution in [-0.4, -0.2) is 61.9 Å². The van der Waals surface area contributed by atoms with E-state index in [0.29, 0.717) is 13.0 Å². The first-order valence-electron chi connectivity index (χ1n) is 11.2. The molecule has 0 spiro atoms. The summed E-state index contributed by atoms with van der Waals surface area (Å²) in [5, 5.41) is 0. The molecule has 4 rings (SSSR count). The highest BCUT2D eigenvalue weighted by Gasteiger charge is 2.21. The standard InChI is InChI=1S/C26H31N3O3/c1-31-26(30)25(29-13-5-6-14-29)21-22-9-11-24(12-10-22)32-20-19-27-15-17-28(18-16-27)23-7-3-2-4-8-23/h2-14,25H,15-21H2,1H3. The number of carbonyl (C=O) groups excluding carboxylic acids is 1. The number of rotatable bonds is 9. The molecule has 1 aliphatic rings. The third-order valence-electron chi connectivity index (χ3n) is 5.98. The van der Waals surface area contributed by atoms with Gasteiger partial charge in [0.15, 0.2) is 0 Å². The first kappa shape index (κ1) is 22.0. The number of benzene rings is 2. The Hall–Kier alpha value is -3.25. The highest BCUT2D eigenvalue weighted by Crippen LogP contribution is 2.20. The normalized spacial score (nSPS) is 15.3. The molecule has 0 radical (unpaired) electrons.